The van der Waals surface area contributed by atoms with Crippen LogP contribution in [0.2, 0.25) is 0 Å². The highest BCUT2D eigenvalue weighted by atomic mass is 32.2. The summed E-state index contributed by atoms with van der Waals surface area (Å²) < 4.78 is 0. The molecule has 0 saturated heterocycles. The molecule has 0 unspecified atom stereocenters. The van der Waals surface area contributed by atoms with Gasteiger partial charge in [0.1, 0.15) is 16.0 Å². The maximum Gasteiger partial charge on any atom is 0.230 e. The zero-order valence-electron chi connectivity index (χ0n) is 13.6. The summed E-state index contributed by atoms with van der Waals surface area (Å²) in [6.45, 7) is 4.69. The highest BCUT2D eigenvalue weighted by molar-refractivity contribution is 7.99. The normalized spacial score (nSPS) is 10.9. The predicted molar refractivity (Wildman–Crippen MR) is 99.4 cm³/mol. The summed E-state index contributed by atoms with van der Waals surface area (Å²) >= 11 is 2.90. The van der Waals surface area contributed by atoms with Crippen molar-refractivity contribution in [2.75, 3.05) is 12.3 Å². The number of aromatic nitrogens is 3. The molecule has 1 amide bonds. The number of carbonyl (C=O) groups is 1. The van der Waals surface area contributed by atoms with E-state index in [4.69, 9.17) is 0 Å². The first-order chi connectivity index (χ1) is 11.7. The number of thiazole rings is 1. The second-order valence-electron chi connectivity index (χ2n) is 5.25. The van der Waals surface area contributed by atoms with Gasteiger partial charge in [-0.3, -0.25) is 4.79 Å². The van der Waals surface area contributed by atoms with Gasteiger partial charge in [0.2, 0.25) is 5.91 Å². The van der Waals surface area contributed by atoms with Crippen molar-refractivity contribution in [2.45, 2.75) is 25.4 Å². The van der Waals surface area contributed by atoms with E-state index in [0.29, 0.717) is 17.5 Å². The minimum Gasteiger partial charge on any atom is -0.355 e. The van der Waals surface area contributed by atoms with E-state index in [0.717, 1.165) is 33.0 Å². The molecule has 2 heterocycles. The van der Waals surface area contributed by atoms with E-state index in [2.05, 4.69) is 20.3 Å². The number of nitrogens with one attached hydrogen (secondary N) is 1. The fourth-order valence-electron chi connectivity index (χ4n) is 2.21. The van der Waals surface area contributed by atoms with Gasteiger partial charge in [0.25, 0.3) is 0 Å². The molecule has 2 aromatic heterocycles. The van der Waals surface area contributed by atoms with Crippen LogP contribution in [-0.4, -0.2) is 33.2 Å². The summed E-state index contributed by atoms with van der Waals surface area (Å²) in [5, 5.41) is 4.43. The molecule has 124 valence electrons. The summed E-state index contributed by atoms with van der Waals surface area (Å²) in [6.07, 6.45) is 0.928. The summed E-state index contributed by atoms with van der Waals surface area (Å²) in [5.41, 5.74) is 2.65. The molecule has 0 saturated carbocycles. The van der Waals surface area contributed by atoms with Crippen molar-refractivity contribution in [3.05, 3.63) is 35.3 Å². The fraction of sp³-hybridized carbons (Fsp3) is 0.294. The second kappa shape index (κ2) is 7.72. The van der Waals surface area contributed by atoms with Gasteiger partial charge in [-0.2, -0.15) is 0 Å². The van der Waals surface area contributed by atoms with Crippen molar-refractivity contribution >= 4 is 39.4 Å². The average Bonchev–Trinajstić information content (AvgIpc) is 2.98. The molecule has 0 bridgehead atoms. The molecule has 3 aromatic rings. The smallest absolute Gasteiger partial charge is 0.230 e. The molecule has 1 aromatic carbocycles. The van der Waals surface area contributed by atoms with Crippen molar-refractivity contribution in [3.63, 3.8) is 0 Å². The standard InChI is InChI=1S/C17H18N4OS2/c1-3-9-18-13(22)10-23-17-20-14(12-7-5-4-6-8-12)15-16(21-17)24-11(2)19-15/h4-8H,3,9-10H2,1-2H3,(H,18,22). The van der Waals surface area contributed by atoms with Crippen LogP contribution in [0, 0.1) is 6.92 Å². The number of hydrogen-bond acceptors (Lipinski definition) is 6. The van der Waals surface area contributed by atoms with E-state index >= 15 is 0 Å². The van der Waals surface area contributed by atoms with Gasteiger partial charge in [0.15, 0.2) is 5.16 Å². The molecule has 0 spiro atoms. The average molecular weight is 358 g/mol. The molecule has 7 heteroatoms. The lowest BCUT2D eigenvalue weighted by atomic mass is 10.1. The van der Waals surface area contributed by atoms with E-state index < -0.39 is 0 Å². The zero-order valence-corrected chi connectivity index (χ0v) is 15.2. The minimum atomic E-state index is 0.00675. The number of carbonyl (C=O) groups excluding carboxylic acids is 1. The maximum absolute atomic E-state index is 11.8. The third kappa shape index (κ3) is 3.91. The van der Waals surface area contributed by atoms with Crippen LogP contribution in [0.4, 0.5) is 0 Å². The number of aryl methyl sites for hydroxylation is 1. The second-order valence-corrected chi connectivity index (χ2v) is 7.37. The summed E-state index contributed by atoms with van der Waals surface area (Å²) in [7, 11) is 0. The van der Waals surface area contributed by atoms with Gasteiger partial charge in [-0.25, -0.2) is 15.0 Å². The fourth-order valence-corrected chi connectivity index (χ4v) is 3.73. The van der Waals surface area contributed by atoms with Crippen LogP contribution in [-0.2, 0) is 4.79 Å². The maximum atomic E-state index is 11.8. The van der Waals surface area contributed by atoms with Crippen LogP contribution in [0.25, 0.3) is 21.6 Å². The molecular formula is C17H18N4OS2. The number of hydrogen-bond donors (Lipinski definition) is 1. The lowest BCUT2D eigenvalue weighted by Crippen LogP contribution is -2.25. The Kier molecular flexibility index (Phi) is 5.42. The molecule has 24 heavy (non-hydrogen) atoms. The van der Waals surface area contributed by atoms with Gasteiger partial charge >= 0.3 is 0 Å². The molecular weight excluding hydrogens is 340 g/mol. The first kappa shape index (κ1) is 16.9. The Balaban J connectivity index is 1.91. The van der Waals surface area contributed by atoms with E-state index in [1.165, 1.54) is 11.8 Å². The third-order valence-electron chi connectivity index (χ3n) is 3.30. The van der Waals surface area contributed by atoms with Crippen molar-refractivity contribution in [1.82, 2.24) is 20.3 Å². The number of amides is 1. The van der Waals surface area contributed by atoms with Crippen LogP contribution in [0.3, 0.4) is 0 Å². The third-order valence-corrected chi connectivity index (χ3v) is 5.01. The molecule has 0 radical (unpaired) electrons. The van der Waals surface area contributed by atoms with Crippen LogP contribution >= 0.6 is 23.1 Å². The van der Waals surface area contributed by atoms with Crippen LogP contribution in [0.5, 0.6) is 0 Å². The number of nitrogens with zero attached hydrogens (tertiary/aromatic N) is 3. The number of benzene rings is 1. The van der Waals surface area contributed by atoms with Crippen molar-refractivity contribution in [2.24, 2.45) is 0 Å². The monoisotopic (exact) mass is 358 g/mol. The highest BCUT2D eigenvalue weighted by Gasteiger charge is 2.14. The summed E-state index contributed by atoms with van der Waals surface area (Å²) in [6, 6.07) is 9.96. The Hall–Kier alpha value is -1.99. The van der Waals surface area contributed by atoms with Gasteiger partial charge in [0, 0.05) is 12.1 Å². The molecule has 0 atom stereocenters. The van der Waals surface area contributed by atoms with Crippen LogP contribution in [0.15, 0.2) is 35.5 Å². The minimum absolute atomic E-state index is 0.00675. The van der Waals surface area contributed by atoms with Crippen LogP contribution in [0.1, 0.15) is 18.4 Å². The van der Waals surface area contributed by atoms with Crippen molar-refractivity contribution in [3.8, 4) is 11.3 Å². The number of fused-ring (bicyclic) bond motifs is 1. The summed E-state index contributed by atoms with van der Waals surface area (Å²) in [5.74, 6) is 0.324. The Morgan fingerprint density at radius 3 is 2.75 bits per heavy atom. The Bertz CT molecular complexity index is 848. The quantitative estimate of drug-likeness (QED) is 0.538. The topological polar surface area (TPSA) is 67.8 Å². The molecule has 1 N–H and O–H groups in total. The van der Waals surface area contributed by atoms with Crippen LogP contribution < -0.4 is 5.32 Å². The molecule has 0 aliphatic carbocycles. The first-order valence-corrected chi connectivity index (χ1v) is 9.57. The largest absolute Gasteiger partial charge is 0.355 e. The number of thioether (sulfide) groups is 1. The Morgan fingerprint density at radius 2 is 2.00 bits per heavy atom. The van der Waals surface area contributed by atoms with E-state index in [1.54, 1.807) is 11.3 Å². The number of rotatable bonds is 6. The van der Waals surface area contributed by atoms with Gasteiger partial charge in [0.05, 0.1) is 10.8 Å². The van der Waals surface area contributed by atoms with Gasteiger partial charge in [-0.05, 0) is 13.3 Å². The molecule has 5 nitrogen and oxygen atoms in total. The molecule has 0 fully saturated rings. The highest BCUT2D eigenvalue weighted by Crippen LogP contribution is 2.31. The van der Waals surface area contributed by atoms with Gasteiger partial charge in [-0.15, -0.1) is 0 Å². The zero-order chi connectivity index (χ0) is 16.9. The van der Waals surface area contributed by atoms with E-state index in [9.17, 15) is 4.79 Å². The lowest BCUT2D eigenvalue weighted by Gasteiger charge is -2.06. The summed E-state index contributed by atoms with van der Waals surface area (Å²) in [4.78, 5) is 26.4. The van der Waals surface area contributed by atoms with E-state index in [-0.39, 0.29) is 5.91 Å². The molecule has 3 rings (SSSR count). The van der Waals surface area contributed by atoms with E-state index in [1.807, 2.05) is 44.2 Å². The van der Waals surface area contributed by atoms with Crippen molar-refractivity contribution in [1.29, 1.82) is 0 Å². The SMILES string of the molecule is CCCNC(=O)CSc1nc(-c2ccccc2)c2nc(C)sc2n1. The predicted octanol–water partition coefficient (Wildman–Crippen LogP) is 3.68. The Labute approximate surface area is 148 Å². The van der Waals surface area contributed by atoms with Crippen molar-refractivity contribution < 1.29 is 4.79 Å². The molecule has 0 aliphatic heterocycles. The lowest BCUT2D eigenvalue weighted by molar-refractivity contribution is -0.118. The first-order valence-electron chi connectivity index (χ1n) is 7.77. The Morgan fingerprint density at radius 1 is 1.21 bits per heavy atom. The molecule has 0 aliphatic rings. The van der Waals surface area contributed by atoms with Gasteiger partial charge < -0.3 is 5.32 Å². The van der Waals surface area contributed by atoms with Gasteiger partial charge in [-0.1, -0.05) is 60.4 Å².